The van der Waals surface area contributed by atoms with Gasteiger partial charge in [-0.2, -0.15) is 0 Å². The second-order valence-electron chi connectivity index (χ2n) is 5.40. The first-order chi connectivity index (χ1) is 11.4. The van der Waals surface area contributed by atoms with E-state index in [1.165, 1.54) is 18.2 Å². The Hall–Kier alpha value is -2.04. The second kappa shape index (κ2) is 8.18. The molecule has 2 rings (SSSR count). The average Bonchev–Trinajstić information content (AvgIpc) is 2.55. The first-order valence-corrected chi connectivity index (χ1v) is 8.10. The molecule has 0 aliphatic heterocycles. The zero-order valence-electron chi connectivity index (χ0n) is 13.3. The molecule has 2 aromatic rings. The lowest BCUT2D eigenvalue weighted by Crippen LogP contribution is -2.31. The minimum Gasteiger partial charge on any atom is -0.452 e. The van der Waals surface area contributed by atoms with Crippen molar-refractivity contribution in [1.29, 1.82) is 0 Å². The van der Waals surface area contributed by atoms with Crippen LogP contribution < -0.4 is 5.32 Å². The number of rotatable bonds is 5. The maximum absolute atomic E-state index is 11.9. The number of aryl methyl sites for hydroxylation is 1. The van der Waals surface area contributed by atoms with Gasteiger partial charge in [-0.25, -0.2) is 4.79 Å². The van der Waals surface area contributed by atoms with E-state index in [0.717, 1.165) is 11.1 Å². The van der Waals surface area contributed by atoms with Crippen molar-refractivity contribution in [3.63, 3.8) is 0 Å². The quantitative estimate of drug-likeness (QED) is 0.801. The molecule has 0 heterocycles. The Labute approximate surface area is 150 Å². The van der Waals surface area contributed by atoms with Gasteiger partial charge in [-0.1, -0.05) is 53.0 Å². The topological polar surface area (TPSA) is 55.4 Å². The van der Waals surface area contributed by atoms with Gasteiger partial charge in [-0.05, 0) is 37.6 Å². The number of nitrogens with one attached hydrogen (secondary N) is 1. The Kier molecular flexibility index (Phi) is 6.23. The van der Waals surface area contributed by atoms with Crippen LogP contribution in [0.25, 0.3) is 0 Å². The van der Waals surface area contributed by atoms with Gasteiger partial charge < -0.3 is 10.1 Å². The van der Waals surface area contributed by atoms with Gasteiger partial charge in [0.15, 0.2) is 6.61 Å². The molecular formula is C18H17Cl2NO3. The van der Waals surface area contributed by atoms with Crippen molar-refractivity contribution in [2.45, 2.75) is 19.9 Å². The Balaban J connectivity index is 1.87. The molecule has 0 fully saturated rings. The van der Waals surface area contributed by atoms with Crippen LogP contribution in [0.1, 0.15) is 34.5 Å². The smallest absolute Gasteiger partial charge is 0.338 e. The highest BCUT2D eigenvalue weighted by Gasteiger charge is 2.14. The summed E-state index contributed by atoms with van der Waals surface area (Å²) in [5, 5.41) is 3.38. The maximum Gasteiger partial charge on any atom is 0.338 e. The van der Waals surface area contributed by atoms with Gasteiger partial charge in [-0.15, -0.1) is 0 Å². The molecule has 0 aliphatic rings. The minimum absolute atomic E-state index is 0.179. The summed E-state index contributed by atoms with van der Waals surface area (Å²) in [6, 6.07) is 12.1. The third-order valence-corrected chi connectivity index (χ3v) is 4.18. The van der Waals surface area contributed by atoms with Crippen LogP contribution in [-0.4, -0.2) is 18.5 Å². The summed E-state index contributed by atoms with van der Waals surface area (Å²) in [6.07, 6.45) is 0. The van der Waals surface area contributed by atoms with Gasteiger partial charge in [0, 0.05) is 0 Å². The molecule has 6 heteroatoms. The van der Waals surface area contributed by atoms with E-state index in [9.17, 15) is 9.59 Å². The van der Waals surface area contributed by atoms with Crippen molar-refractivity contribution >= 4 is 35.1 Å². The Morgan fingerprint density at radius 2 is 1.75 bits per heavy atom. The predicted octanol–water partition coefficient (Wildman–Crippen LogP) is 4.34. The third-order valence-electron chi connectivity index (χ3n) is 3.44. The molecule has 0 bridgehead atoms. The molecule has 1 amide bonds. The summed E-state index contributed by atoms with van der Waals surface area (Å²) in [6.45, 7) is 3.49. The van der Waals surface area contributed by atoms with Crippen LogP contribution in [-0.2, 0) is 9.53 Å². The first-order valence-electron chi connectivity index (χ1n) is 7.35. The van der Waals surface area contributed by atoms with Gasteiger partial charge in [0.25, 0.3) is 5.91 Å². The molecule has 0 radical (unpaired) electrons. The van der Waals surface area contributed by atoms with E-state index in [0.29, 0.717) is 5.02 Å². The molecule has 0 aliphatic carbocycles. The number of halogens is 2. The molecule has 0 saturated heterocycles. The first kappa shape index (κ1) is 18.3. The number of hydrogen-bond acceptors (Lipinski definition) is 3. The average molecular weight is 366 g/mol. The standard InChI is InChI=1S/C18H17Cl2NO3/c1-11-3-5-13(6-4-11)12(2)21-17(22)10-24-18(23)14-7-8-15(19)16(20)9-14/h3-9,12H,10H2,1-2H3,(H,21,22). The highest BCUT2D eigenvalue weighted by molar-refractivity contribution is 6.42. The number of benzene rings is 2. The van der Waals surface area contributed by atoms with Crippen molar-refractivity contribution in [1.82, 2.24) is 5.32 Å². The van der Waals surface area contributed by atoms with Gasteiger partial charge in [0.2, 0.25) is 0 Å². The predicted molar refractivity (Wildman–Crippen MR) is 94.5 cm³/mol. The molecule has 0 saturated carbocycles. The van der Waals surface area contributed by atoms with Crippen LogP contribution in [0.15, 0.2) is 42.5 Å². The highest BCUT2D eigenvalue weighted by atomic mass is 35.5. The molecule has 126 valence electrons. The normalized spacial score (nSPS) is 11.7. The Morgan fingerprint density at radius 1 is 1.08 bits per heavy atom. The van der Waals surface area contributed by atoms with Crippen molar-refractivity contribution in [2.75, 3.05) is 6.61 Å². The van der Waals surface area contributed by atoms with E-state index < -0.39 is 5.97 Å². The summed E-state index contributed by atoms with van der Waals surface area (Å²) in [4.78, 5) is 23.8. The number of esters is 1. The highest BCUT2D eigenvalue weighted by Crippen LogP contribution is 2.22. The van der Waals surface area contributed by atoms with Crippen molar-refractivity contribution in [3.05, 3.63) is 69.2 Å². The summed E-state index contributed by atoms with van der Waals surface area (Å²) in [7, 11) is 0. The minimum atomic E-state index is -0.633. The van der Waals surface area contributed by atoms with Crippen molar-refractivity contribution in [2.24, 2.45) is 0 Å². The Morgan fingerprint density at radius 3 is 2.38 bits per heavy atom. The molecule has 2 aromatic carbocycles. The van der Waals surface area contributed by atoms with E-state index >= 15 is 0 Å². The lowest BCUT2D eigenvalue weighted by molar-refractivity contribution is -0.124. The maximum atomic E-state index is 11.9. The number of ether oxygens (including phenoxy) is 1. The molecule has 1 N–H and O–H groups in total. The Bertz CT molecular complexity index is 744. The summed E-state index contributed by atoms with van der Waals surface area (Å²) >= 11 is 11.6. The van der Waals surface area contributed by atoms with Gasteiger partial charge in [-0.3, -0.25) is 4.79 Å². The van der Waals surface area contributed by atoms with E-state index in [1.54, 1.807) is 0 Å². The zero-order chi connectivity index (χ0) is 17.7. The number of carbonyl (C=O) groups excluding carboxylic acids is 2. The van der Waals surface area contributed by atoms with E-state index in [-0.39, 0.29) is 29.1 Å². The van der Waals surface area contributed by atoms with Crippen LogP contribution in [0, 0.1) is 6.92 Å². The van der Waals surface area contributed by atoms with Gasteiger partial charge in [0.1, 0.15) is 0 Å². The van der Waals surface area contributed by atoms with E-state index in [2.05, 4.69) is 5.32 Å². The number of amides is 1. The lowest BCUT2D eigenvalue weighted by Gasteiger charge is -2.14. The van der Waals surface area contributed by atoms with Crippen LogP contribution >= 0.6 is 23.2 Å². The van der Waals surface area contributed by atoms with E-state index in [4.69, 9.17) is 27.9 Å². The third kappa shape index (κ3) is 4.98. The van der Waals surface area contributed by atoms with Crippen LogP contribution in [0.4, 0.5) is 0 Å². The zero-order valence-corrected chi connectivity index (χ0v) is 14.8. The SMILES string of the molecule is Cc1ccc(C(C)NC(=O)COC(=O)c2ccc(Cl)c(Cl)c2)cc1. The monoisotopic (exact) mass is 365 g/mol. The van der Waals surface area contributed by atoms with Crippen LogP contribution in [0.5, 0.6) is 0 Å². The fourth-order valence-corrected chi connectivity index (χ4v) is 2.36. The summed E-state index contributed by atoms with van der Waals surface area (Å²) < 4.78 is 4.99. The molecule has 1 unspecified atom stereocenters. The van der Waals surface area contributed by atoms with E-state index in [1.807, 2.05) is 38.1 Å². The molecular weight excluding hydrogens is 349 g/mol. The fourth-order valence-electron chi connectivity index (χ4n) is 2.06. The molecule has 0 aromatic heterocycles. The molecule has 1 atom stereocenters. The number of hydrogen-bond donors (Lipinski definition) is 1. The molecule has 4 nitrogen and oxygen atoms in total. The summed E-state index contributed by atoms with van der Waals surface area (Å²) in [5.41, 5.74) is 2.36. The lowest BCUT2D eigenvalue weighted by atomic mass is 10.1. The van der Waals surface area contributed by atoms with Crippen LogP contribution in [0.2, 0.25) is 10.0 Å². The van der Waals surface area contributed by atoms with Gasteiger partial charge >= 0.3 is 5.97 Å². The second-order valence-corrected chi connectivity index (χ2v) is 6.22. The molecule has 0 spiro atoms. The van der Waals surface area contributed by atoms with Crippen molar-refractivity contribution in [3.8, 4) is 0 Å². The number of carbonyl (C=O) groups is 2. The fraction of sp³-hybridized carbons (Fsp3) is 0.222. The van der Waals surface area contributed by atoms with Crippen molar-refractivity contribution < 1.29 is 14.3 Å². The molecule has 24 heavy (non-hydrogen) atoms. The summed E-state index contributed by atoms with van der Waals surface area (Å²) in [5.74, 6) is -1.01. The van der Waals surface area contributed by atoms with Gasteiger partial charge in [0.05, 0.1) is 21.7 Å². The largest absolute Gasteiger partial charge is 0.452 e. The van der Waals surface area contributed by atoms with Crippen LogP contribution in [0.3, 0.4) is 0 Å².